The van der Waals surface area contributed by atoms with Crippen molar-refractivity contribution in [3.8, 4) is 5.75 Å². The second-order valence-electron chi connectivity index (χ2n) is 6.08. The molecule has 0 aliphatic rings. The van der Waals surface area contributed by atoms with Gasteiger partial charge in [-0.15, -0.1) is 0 Å². The number of nitrogens with one attached hydrogen (secondary N) is 3. The summed E-state index contributed by atoms with van der Waals surface area (Å²) >= 11 is 0. The number of aryl methyl sites for hydroxylation is 1. The lowest BCUT2D eigenvalue weighted by Gasteiger charge is -2.11. The highest BCUT2D eigenvalue weighted by atomic mass is 16.5. The molecular weight excluding hydrogens is 346 g/mol. The Bertz CT molecular complexity index is 797. The van der Waals surface area contributed by atoms with Crippen LogP contribution < -0.4 is 20.7 Å². The quantitative estimate of drug-likeness (QED) is 0.654. The molecule has 0 aliphatic carbocycles. The third kappa shape index (κ3) is 6.81. The zero-order valence-electron chi connectivity index (χ0n) is 15.6. The lowest BCUT2D eigenvalue weighted by atomic mass is 10.1. The summed E-state index contributed by atoms with van der Waals surface area (Å²) in [6.45, 7) is 5.36. The third-order valence-electron chi connectivity index (χ3n) is 3.51. The van der Waals surface area contributed by atoms with E-state index in [1.54, 1.807) is 18.2 Å². The molecule has 27 heavy (non-hydrogen) atoms. The average Bonchev–Trinajstić information content (AvgIpc) is 2.58. The molecule has 0 aromatic heterocycles. The largest absolute Gasteiger partial charge is 0.492 e. The topological polar surface area (TPSA) is 96.5 Å². The van der Waals surface area contributed by atoms with Crippen LogP contribution >= 0.6 is 0 Å². The Morgan fingerprint density at radius 1 is 0.889 bits per heavy atom. The van der Waals surface area contributed by atoms with Crippen molar-refractivity contribution in [2.45, 2.75) is 20.8 Å². The third-order valence-corrected chi connectivity index (χ3v) is 3.51. The molecule has 0 radical (unpaired) electrons. The zero-order valence-corrected chi connectivity index (χ0v) is 15.6. The first-order valence-corrected chi connectivity index (χ1v) is 8.51. The highest BCUT2D eigenvalue weighted by molar-refractivity contribution is 5.99. The lowest BCUT2D eigenvalue weighted by Crippen LogP contribution is -2.28. The molecule has 0 atom stereocenters. The molecule has 0 aliphatic heterocycles. The number of carbonyl (C=O) groups excluding carboxylic acids is 3. The molecule has 0 bridgehead atoms. The van der Waals surface area contributed by atoms with Crippen molar-refractivity contribution in [2.24, 2.45) is 0 Å². The van der Waals surface area contributed by atoms with E-state index in [0.717, 1.165) is 11.3 Å². The number of anilines is 2. The molecule has 2 aromatic rings. The van der Waals surface area contributed by atoms with E-state index in [2.05, 4.69) is 16.0 Å². The van der Waals surface area contributed by atoms with Gasteiger partial charge in [0.15, 0.2) is 0 Å². The summed E-state index contributed by atoms with van der Waals surface area (Å²) in [6, 6.07) is 12.3. The Morgan fingerprint density at radius 3 is 1.96 bits per heavy atom. The molecule has 3 amide bonds. The molecule has 0 fully saturated rings. The van der Waals surface area contributed by atoms with Gasteiger partial charge in [0.1, 0.15) is 12.4 Å². The van der Waals surface area contributed by atoms with E-state index in [1.807, 2.05) is 31.2 Å². The Hall–Kier alpha value is -3.35. The Balaban J connectivity index is 1.97. The number of ether oxygens (including phenoxy) is 1. The summed E-state index contributed by atoms with van der Waals surface area (Å²) in [5.41, 5.74) is 2.31. The van der Waals surface area contributed by atoms with Crippen molar-refractivity contribution < 1.29 is 19.1 Å². The van der Waals surface area contributed by atoms with Crippen LogP contribution in [0.5, 0.6) is 5.75 Å². The maximum atomic E-state index is 12.4. The van der Waals surface area contributed by atoms with Gasteiger partial charge in [0.2, 0.25) is 11.8 Å². The second-order valence-corrected chi connectivity index (χ2v) is 6.08. The van der Waals surface area contributed by atoms with Crippen LogP contribution in [0.15, 0.2) is 42.5 Å². The number of rotatable bonds is 7. The second kappa shape index (κ2) is 9.38. The molecule has 0 unspecified atom stereocenters. The number of carbonyl (C=O) groups is 3. The maximum Gasteiger partial charge on any atom is 0.251 e. The SMILES string of the molecule is CC(=O)Nc1cc(NC(C)=O)cc(C(=O)NCCOc2ccc(C)cc2)c1. The minimum Gasteiger partial charge on any atom is -0.492 e. The molecule has 2 rings (SSSR count). The first-order chi connectivity index (χ1) is 12.8. The van der Waals surface area contributed by atoms with Crippen LogP contribution in [-0.2, 0) is 9.59 Å². The minimum atomic E-state index is -0.332. The van der Waals surface area contributed by atoms with Crippen LogP contribution in [0.2, 0.25) is 0 Å². The lowest BCUT2D eigenvalue weighted by molar-refractivity contribution is -0.115. The van der Waals surface area contributed by atoms with E-state index in [-0.39, 0.29) is 17.7 Å². The summed E-state index contributed by atoms with van der Waals surface area (Å²) in [5, 5.41) is 7.98. The molecular formula is C20H23N3O4. The van der Waals surface area contributed by atoms with Crippen molar-refractivity contribution in [1.82, 2.24) is 5.32 Å². The normalized spacial score (nSPS) is 10.0. The van der Waals surface area contributed by atoms with Gasteiger partial charge >= 0.3 is 0 Å². The van der Waals surface area contributed by atoms with E-state index in [9.17, 15) is 14.4 Å². The predicted molar refractivity (Wildman–Crippen MR) is 104 cm³/mol. The number of hydrogen-bond donors (Lipinski definition) is 3. The molecule has 0 spiro atoms. The zero-order chi connectivity index (χ0) is 19.8. The standard InChI is InChI=1S/C20H23N3O4/c1-13-4-6-19(7-5-13)27-9-8-21-20(26)16-10-17(22-14(2)24)12-18(11-16)23-15(3)25/h4-7,10-12H,8-9H2,1-3H3,(H,21,26)(H,22,24)(H,23,25). The van der Waals surface area contributed by atoms with Crippen molar-refractivity contribution >= 4 is 29.1 Å². The fourth-order valence-electron chi connectivity index (χ4n) is 2.38. The van der Waals surface area contributed by atoms with Crippen LogP contribution in [0.1, 0.15) is 29.8 Å². The van der Waals surface area contributed by atoms with Gasteiger partial charge < -0.3 is 20.7 Å². The van der Waals surface area contributed by atoms with Crippen molar-refractivity contribution in [2.75, 3.05) is 23.8 Å². The predicted octanol–water partition coefficient (Wildman–Crippen LogP) is 2.72. The van der Waals surface area contributed by atoms with Gasteiger partial charge in [0.25, 0.3) is 5.91 Å². The number of hydrogen-bond acceptors (Lipinski definition) is 4. The molecule has 0 saturated heterocycles. The summed E-state index contributed by atoms with van der Waals surface area (Å²) in [5.74, 6) is -0.141. The van der Waals surface area contributed by atoms with Crippen LogP contribution in [0, 0.1) is 6.92 Å². The van der Waals surface area contributed by atoms with E-state index in [4.69, 9.17) is 4.74 Å². The fourth-order valence-corrected chi connectivity index (χ4v) is 2.38. The van der Waals surface area contributed by atoms with Crippen LogP contribution in [0.4, 0.5) is 11.4 Å². The number of benzene rings is 2. The van der Waals surface area contributed by atoms with Crippen LogP contribution in [-0.4, -0.2) is 30.9 Å². The van der Waals surface area contributed by atoms with Gasteiger partial charge in [-0.3, -0.25) is 14.4 Å². The van der Waals surface area contributed by atoms with E-state index < -0.39 is 0 Å². The van der Waals surface area contributed by atoms with E-state index in [1.165, 1.54) is 13.8 Å². The molecule has 3 N–H and O–H groups in total. The van der Waals surface area contributed by atoms with Crippen molar-refractivity contribution in [3.05, 3.63) is 53.6 Å². The molecule has 142 valence electrons. The summed E-state index contributed by atoms with van der Waals surface area (Å²) in [4.78, 5) is 34.9. The maximum absolute atomic E-state index is 12.4. The molecule has 0 heterocycles. The van der Waals surface area contributed by atoms with Gasteiger partial charge in [-0.05, 0) is 37.3 Å². The fraction of sp³-hybridized carbons (Fsp3) is 0.250. The minimum absolute atomic E-state index is 0.271. The molecule has 2 aromatic carbocycles. The molecule has 7 heteroatoms. The van der Waals surface area contributed by atoms with Crippen LogP contribution in [0.3, 0.4) is 0 Å². The van der Waals surface area contributed by atoms with Gasteiger partial charge in [-0.25, -0.2) is 0 Å². The Kier molecular flexibility index (Phi) is 6.93. The summed E-state index contributed by atoms with van der Waals surface area (Å²) < 4.78 is 5.57. The van der Waals surface area contributed by atoms with Crippen molar-refractivity contribution in [1.29, 1.82) is 0 Å². The monoisotopic (exact) mass is 369 g/mol. The smallest absolute Gasteiger partial charge is 0.251 e. The van der Waals surface area contributed by atoms with Crippen LogP contribution in [0.25, 0.3) is 0 Å². The van der Waals surface area contributed by atoms with Gasteiger partial charge in [-0.2, -0.15) is 0 Å². The summed E-state index contributed by atoms with van der Waals surface area (Å²) in [7, 11) is 0. The Morgan fingerprint density at radius 2 is 1.44 bits per heavy atom. The highest BCUT2D eigenvalue weighted by Gasteiger charge is 2.10. The van der Waals surface area contributed by atoms with Gasteiger partial charge in [-0.1, -0.05) is 17.7 Å². The molecule has 7 nitrogen and oxygen atoms in total. The average molecular weight is 369 g/mol. The Labute approximate surface area is 158 Å². The van der Waals surface area contributed by atoms with Gasteiger partial charge in [0.05, 0.1) is 6.54 Å². The van der Waals surface area contributed by atoms with E-state index >= 15 is 0 Å². The summed E-state index contributed by atoms with van der Waals surface area (Å²) in [6.07, 6.45) is 0. The highest BCUT2D eigenvalue weighted by Crippen LogP contribution is 2.19. The molecule has 0 saturated carbocycles. The first-order valence-electron chi connectivity index (χ1n) is 8.51. The number of amides is 3. The van der Waals surface area contributed by atoms with E-state index in [0.29, 0.717) is 30.1 Å². The first kappa shape index (κ1) is 20.0. The van der Waals surface area contributed by atoms with Gasteiger partial charge in [0, 0.05) is 30.8 Å². The van der Waals surface area contributed by atoms with Crippen molar-refractivity contribution in [3.63, 3.8) is 0 Å².